The fourth-order valence-electron chi connectivity index (χ4n) is 0.912. The maximum Gasteiger partial charge on any atom is 0.574 e. The second kappa shape index (κ2) is 4.42. The number of aromatic nitrogens is 1. The molecule has 16 heavy (non-hydrogen) atoms. The van der Waals surface area contributed by atoms with E-state index < -0.39 is 36.0 Å². The highest BCUT2D eigenvalue weighted by Crippen LogP contribution is 2.25. The lowest BCUT2D eigenvalue weighted by atomic mass is 10.2. The number of nitrogens with zero attached hydrogens (tertiary/aromatic N) is 1. The minimum atomic E-state index is -5.13. The number of carbonyl (C=O) groups is 1. The van der Waals surface area contributed by atoms with E-state index in [1.54, 1.807) is 0 Å². The highest BCUT2D eigenvalue weighted by Gasteiger charge is 2.33. The van der Waals surface area contributed by atoms with Crippen LogP contribution in [-0.2, 0) is 6.67 Å². The molecule has 0 radical (unpaired) electrons. The van der Waals surface area contributed by atoms with Gasteiger partial charge < -0.3 is 4.74 Å². The molecule has 1 aromatic rings. The highest BCUT2D eigenvalue weighted by molar-refractivity contribution is 5.76. The summed E-state index contributed by atoms with van der Waals surface area (Å²) in [7, 11) is 0. The molecule has 1 heterocycles. The molecular formula is C8H4F5NO2. The zero-order chi connectivity index (χ0) is 12.3. The van der Waals surface area contributed by atoms with Crippen molar-refractivity contribution in [2.75, 3.05) is 0 Å². The van der Waals surface area contributed by atoms with Crippen LogP contribution < -0.4 is 4.74 Å². The van der Waals surface area contributed by atoms with Gasteiger partial charge in [0.2, 0.25) is 0 Å². The van der Waals surface area contributed by atoms with Crippen molar-refractivity contribution in [3.63, 3.8) is 0 Å². The maximum atomic E-state index is 12.9. The Morgan fingerprint density at radius 1 is 1.44 bits per heavy atom. The summed E-state index contributed by atoms with van der Waals surface area (Å²) in [6, 6.07) is 0.427. The molecule has 0 bridgehead atoms. The molecule has 0 aliphatic rings. The maximum absolute atomic E-state index is 12.9. The Kier molecular flexibility index (Phi) is 3.41. The van der Waals surface area contributed by atoms with E-state index in [9.17, 15) is 26.7 Å². The highest BCUT2D eigenvalue weighted by atomic mass is 19.4. The summed E-state index contributed by atoms with van der Waals surface area (Å²) in [6.07, 6.45) is -5.05. The van der Waals surface area contributed by atoms with E-state index in [0.717, 1.165) is 0 Å². The molecule has 0 amide bonds. The van der Waals surface area contributed by atoms with Crippen LogP contribution in [0.5, 0.6) is 5.88 Å². The van der Waals surface area contributed by atoms with Gasteiger partial charge in [-0.25, -0.2) is 13.8 Å². The first kappa shape index (κ1) is 12.3. The van der Waals surface area contributed by atoms with E-state index in [1.807, 2.05) is 0 Å². The van der Waals surface area contributed by atoms with Crippen molar-refractivity contribution in [2.45, 2.75) is 13.0 Å². The van der Waals surface area contributed by atoms with Gasteiger partial charge in [0, 0.05) is 5.56 Å². The quantitative estimate of drug-likeness (QED) is 0.602. The van der Waals surface area contributed by atoms with Gasteiger partial charge in [-0.05, 0) is 6.07 Å². The van der Waals surface area contributed by atoms with E-state index in [4.69, 9.17) is 0 Å². The number of rotatable bonds is 3. The number of aldehydes is 1. The second-order valence-corrected chi connectivity index (χ2v) is 2.61. The van der Waals surface area contributed by atoms with Crippen LogP contribution in [0.15, 0.2) is 6.07 Å². The van der Waals surface area contributed by atoms with Crippen molar-refractivity contribution in [3.8, 4) is 5.88 Å². The summed E-state index contributed by atoms with van der Waals surface area (Å²) in [5, 5.41) is 0. The third-order valence-electron chi connectivity index (χ3n) is 1.52. The van der Waals surface area contributed by atoms with Crippen molar-refractivity contribution in [3.05, 3.63) is 23.1 Å². The average molecular weight is 241 g/mol. The average Bonchev–Trinajstić information content (AvgIpc) is 2.18. The number of pyridine rings is 1. The fraction of sp³-hybridized carbons (Fsp3) is 0.250. The molecule has 8 heteroatoms. The normalized spacial score (nSPS) is 11.3. The standard InChI is InChI=1S/C8H4F5NO2/c9-2-6-4(3-15)1-5(10)7(14-6)16-8(11,12)13/h1,3H,2H2. The number of hydrogen-bond donors (Lipinski definition) is 0. The lowest BCUT2D eigenvalue weighted by Crippen LogP contribution is -2.19. The molecule has 3 nitrogen and oxygen atoms in total. The van der Waals surface area contributed by atoms with Gasteiger partial charge in [-0.15, -0.1) is 13.2 Å². The zero-order valence-corrected chi connectivity index (χ0v) is 7.52. The van der Waals surface area contributed by atoms with Gasteiger partial charge in [-0.1, -0.05) is 0 Å². The summed E-state index contributed by atoms with van der Waals surface area (Å²) in [5.74, 6) is -2.90. The van der Waals surface area contributed by atoms with Crippen molar-refractivity contribution >= 4 is 6.29 Å². The molecule has 1 rings (SSSR count). The smallest absolute Gasteiger partial charge is 0.385 e. The van der Waals surface area contributed by atoms with Gasteiger partial charge in [0.1, 0.15) is 6.67 Å². The summed E-state index contributed by atoms with van der Waals surface area (Å²) in [4.78, 5) is 13.2. The van der Waals surface area contributed by atoms with E-state index in [-0.39, 0.29) is 6.29 Å². The Morgan fingerprint density at radius 3 is 2.50 bits per heavy atom. The number of alkyl halides is 4. The van der Waals surface area contributed by atoms with Crippen molar-refractivity contribution < 1.29 is 31.5 Å². The third-order valence-corrected chi connectivity index (χ3v) is 1.52. The van der Waals surface area contributed by atoms with Gasteiger partial charge in [-0.2, -0.15) is 0 Å². The molecule has 0 saturated heterocycles. The van der Waals surface area contributed by atoms with Crippen LogP contribution >= 0.6 is 0 Å². The van der Waals surface area contributed by atoms with Crippen LogP contribution in [0, 0.1) is 5.82 Å². The van der Waals surface area contributed by atoms with E-state index in [1.165, 1.54) is 0 Å². The first-order chi connectivity index (χ1) is 7.37. The number of ether oxygens (including phenoxy) is 1. The molecule has 0 saturated carbocycles. The minimum Gasteiger partial charge on any atom is -0.385 e. The molecule has 0 aromatic carbocycles. The van der Waals surface area contributed by atoms with Crippen molar-refractivity contribution in [1.82, 2.24) is 4.98 Å². The van der Waals surface area contributed by atoms with Crippen LogP contribution in [0.3, 0.4) is 0 Å². The molecule has 0 fully saturated rings. The monoisotopic (exact) mass is 241 g/mol. The largest absolute Gasteiger partial charge is 0.574 e. The van der Waals surface area contributed by atoms with E-state index in [2.05, 4.69) is 9.72 Å². The number of halogens is 5. The first-order valence-electron chi connectivity index (χ1n) is 3.83. The molecule has 88 valence electrons. The van der Waals surface area contributed by atoms with Crippen LogP contribution in [0.4, 0.5) is 22.0 Å². The number of carbonyl (C=O) groups excluding carboxylic acids is 1. The summed E-state index contributed by atoms with van der Waals surface area (Å²) in [5.41, 5.74) is -1.08. The molecule has 1 aromatic heterocycles. The van der Waals surface area contributed by atoms with Gasteiger partial charge in [-0.3, -0.25) is 4.79 Å². The summed E-state index contributed by atoms with van der Waals surface area (Å²) < 4.78 is 63.6. The summed E-state index contributed by atoms with van der Waals surface area (Å²) in [6.45, 7) is -1.30. The third kappa shape index (κ3) is 2.88. The molecule has 0 N–H and O–H groups in total. The lowest BCUT2D eigenvalue weighted by Gasteiger charge is -2.10. The van der Waals surface area contributed by atoms with Gasteiger partial charge in [0.05, 0.1) is 5.69 Å². The Labute approximate surface area is 85.8 Å². The van der Waals surface area contributed by atoms with Gasteiger partial charge in [0.15, 0.2) is 12.1 Å². The van der Waals surface area contributed by atoms with Crippen LogP contribution in [0.2, 0.25) is 0 Å². The van der Waals surface area contributed by atoms with E-state index >= 15 is 0 Å². The van der Waals surface area contributed by atoms with Crippen LogP contribution in [0.1, 0.15) is 16.1 Å². The Morgan fingerprint density at radius 2 is 2.06 bits per heavy atom. The Balaban J connectivity index is 3.16. The van der Waals surface area contributed by atoms with Crippen LogP contribution in [0.25, 0.3) is 0 Å². The van der Waals surface area contributed by atoms with Gasteiger partial charge in [0.25, 0.3) is 5.88 Å². The minimum absolute atomic E-state index is 0.0857. The van der Waals surface area contributed by atoms with Crippen LogP contribution in [-0.4, -0.2) is 17.6 Å². The van der Waals surface area contributed by atoms with E-state index in [0.29, 0.717) is 6.07 Å². The Bertz CT molecular complexity index is 404. The molecular weight excluding hydrogens is 237 g/mol. The fourth-order valence-corrected chi connectivity index (χ4v) is 0.912. The van der Waals surface area contributed by atoms with Crippen molar-refractivity contribution in [2.24, 2.45) is 0 Å². The number of hydrogen-bond acceptors (Lipinski definition) is 3. The van der Waals surface area contributed by atoms with Crippen molar-refractivity contribution in [1.29, 1.82) is 0 Å². The molecule has 0 aliphatic heterocycles. The van der Waals surface area contributed by atoms with Gasteiger partial charge >= 0.3 is 6.36 Å². The lowest BCUT2D eigenvalue weighted by molar-refractivity contribution is -0.277. The molecule has 0 atom stereocenters. The first-order valence-corrected chi connectivity index (χ1v) is 3.83. The zero-order valence-electron chi connectivity index (χ0n) is 7.52. The summed E-state index contributed by atoms with van der Waals surface area (Å²) >= 11 is 0. The second-order valence-electron chi connectivity index (χ2n) is 2.61. The predicted octanol–water partition coefficient (Wildman–Crippen LogP) is 2.40. The molecule has 0 aliphatic carbocycles. The molecule has 0 unspecified atom stereocenters. The Hall–Kier alpha value is -1.73. The predicted molar refractivity (Wildman–Crippen MR) is 41.1 cm³/mol. The topological polar surface area (TPSA) is 39.2 Å². The molecule has 0 spiro atoms. The SMILES string of the molecule is O=Cc1cc(F)c(OC(F)(F)F)nc1CF.